The fourth-order valence-electron chi connectivity index (χ4n) is 0.334. The van der Waals surface area contributed by atoms with Gasteiger partial charge in [-0.25, -0.2) is 0 Å². The van der Waals surface area contributed by atoms with Gasteiger partial charge in [-0.15, -0.1) is 0 Å². The Labute approximate surface area is 68.5 Å². The molecule has 44 valence electrons. The van der Waals surface area contributed by atoms with Crippen LogP contribution in [0.4, 0.5) is 0 Å². The van der Waals surface area contributed by atoms with Crippen LogP contribution < -0.4 is 0 Å². The number of nitrogens with zero attached hydrogens (tertiary/aromatic N) is 1. The minimum atomic E-state index is 0.209. The Hall–Kier alpha value is 0.590. The summed E-state index contributed by atoms with van der Waals surface area (Å²) in [5, 5.41) is 1.95. The van der Waals surface area contributed by atoms with Crippen LogP contribution in [0.25, 0.3) is 0 Å². The van der Waals surface area contributed by atoms with Crippen LogP contribution in [0.3, 0.4) is 0 Å². The lowest BCUT2D eigenvalue weighted by Crippen LogP contribution is -1.74. The van der Waals surface area contributed by atoms with Gasteiger partial charge in [-0.3, -0.25) is 0 Å². The molecule has 1 aromatic rings. The summed E-state index contributed by atoms with van der Waals surface area (Å²) in [6.07, 6.45) is 0. The van der Waals surface area contributed by atoms with Gasteiger partial charge < -0.3 is 0 Å². The van der Waals surface area contributed by atoms with Crippen LogP contribution in [0.15, 0.2) is 11.4 Å². The maximum absolute atomic E-state index is 4.06. The van der Waals surface area contributed by atoms with Gasteiger partial charge in [0, 0.05) is 5.38 Å². The second-order valence-corrected chi connectivity index (χ2v) is 4.95. The largest absolute Gasteiger partial charge is 0.196 e. The number of aromatic nitrogens is 1. The van der Waals surface area contributed by atoms with Crippen molar-refractivity contribution in [2.24, 2.45) is 0 Å². The molecule has 1 aromatic heterocycles. The third-order valence-corrected chi connectivity index (χ3v) is 2.19. The van der Waals surface area contributed by atoms with E-state index in [1.54, 1.807) is 0 Å². The summed E-state index contributed by atoms with van der Waals surface area (Å²) in [5.41, 5.74) is 1.04. The molecule has 0 saturated heterocycles. The maximum atomic E-state index is 4.06. The zero-order valence-corrected chi connectivity index (χ0v) is 7.83. The summed E-state index contributed by atoms with van der Waals surface area (Å²) in [6.45, 7) is 0. The van der Waals surface area contributed by atoms with Crippen molar-refractivity contribution < 1.29 is 0 Å². The molecule has 8 heavy (non-hydrogen) atoms. The van der Waals surface area contributed by atoms with Crippen LogP contribution >= 0.6 is 43.4 Å². The lowest BCUT2D eigenvalue weighted by Gasteiger charge is -1.89. The van der Waals surface area contributed by atoms with E-state index in [0.717, 1.165) is 5.69 Å². The Bertz CT molecular complexity index is 149. The van der Waals surface area contributed by atoms with Crippen LogP contribution in [0.2, 0.25) is 0 Å². The highest BCUT2D eigenvalue weighted by Gasteiger charge is 2.01. The zero-order chi connectivity index (χ0) is 5.98. The molecule has 0 amide bonds. The van der Waals surface area contributed by atoms with Crippen LogP contribution in [0, 0.1) is 0 Å². The Morgan fingerprint density at radius 2 is 2.38 bits per heavy atom. The lowest BCUT2D eigenvalue weighted by atomic mass is 10.5. The van der Waals surface area contributed by atoms with Crippen molar-refractivity contribution >= 4 is 43.4 Å². The van der Waals surface area contributed by atoms with E-state index >= 15 is 0 Å². The van der Waals surface area contributed by atoms with Gasteiger partial charge in [0.05, 0.1) is 5.69 Å². The third-order valence-electron chi connectivity index (χ3n) is 0.681. The molecule has 0 atom stereocenters. The molecule has 0 aliphatic carbocycles. The van der Waals surface area contributed by atoms with Crippen LogP contribution in [-0.2, 0) is 0 Å². The van der Waals surface area contributed by atoms with E-state index in [1.165, 1.54) is 11.5 Å². The number of hydrogen-bond donors (Lipinski definition) is 0. The number of alkyl halides is 2. The summed E-state index contributed by atoms with van der Waals surface area (Å²) in [7, 11) is 0. The molecule has 0 radical (unpaired) electrons. The molecule has 1 nitrogen and oxygen atoms in total. The first kappa shape index (κ1) is 6.71. The standard InChI is InChI=1S/C4H3Br2NS/c5-4(6)3-1-2-8-7-3/h1-2,4H. The normalized spacial score (nSPS) is 10.4. The van der Waals surface area contributed by atoms with E-state index < -0.39 is 0 Å². The maximum Gasteiger partial charge on any atom is 0.113 e. The van der Waals surface area contributed by atoms with Crippen LogP contribution in [-0.4, -0.2) is 4.37 Å². The predicted molar refractivity (Wildman–Crippen MR) is 42.7 cm³/mol. The highest BCUT2D eigenvalue weighted by molar-refractivity contribution is 9.24. The Balaban J connectivity index is 2.77. The predicted octanol–water partition coefficient (Wildman–Crippen LogP) is 2.93. The van der Waals surface area contributed by atoms with Crippen molar-refractivity contribution in [3.05, 3.63) is 17.1 Å². The summed E-state index contributed by atoms with van der Waals surface area (Å²) >= 11 is 8.10. The van der Waals surface area contributed by atoms with E-state index in [0.29, 0.717) is 0 Å². The summed E-state index contributed by atoms with van der Waals surface area (Å²) in [6, 6.07) is 1.97. The van der Waals surface area contributed by atoms with Gasteiger partial charge in [0.2, 0.25) is 0 Å². The topological polar surface area (TPSA) is 12.9 Å². The third kappa shape index (κ3) is 1.53. The summed E-state index contributed by atoms with van der Waals surface area (Å²) < 4.78 is 4.27. The van der Waals surface area contributed by atoms with E-state index in [1.807, 2.05) is 11.4 Å². The highest BCUT2D eigenvalue weighted by atomic mass is 79.9. The molecule has 0 fully saturated rings. The number of halogens is 2. The van der Waals surface area contributed by atoms with Gasteiger partial charge in [-0.1, -0.05) is 31.9 Å². The van der Waals surface area contributed by atoms with Crippen molar-refractivity contribution in [3.63, 3.8) is 0 Å². The summed E-state index contributed by atoms with van der Waals surface area (Å²) in [5.74, 6) is 0. The van der Waals surface area contributed by atoms with Crippen molar-refractivity contribution in [3.8, 4) is 0 Å². The molecule has 1 rings (SSSR count). The quantitative estimate of drug-likeness (QED) is 0.705. The second-order valence-electron chi connectivity index (χ2n) is 1.23. The molecule has 0 aromatic carbocycles. The Morgan fingerprint density at radius 3 is 2.62 bits per heavy atom. The molecule has 0 aliphatic rings. The first-order chi connectivity index (χ1) is 3.80. The Kier molecular flexibility index (Phi) is 2.46. The number of hydrogen-bond acceptors (Lipinski definition) is 2. The van der Waals surface area contributed by atoms with Crippen LogP contribution in [0.1, 0.15) is 9.43 Å². The van der Waals surface area contributed by atoms with Gasteiger partial charge in [0.1, 0.15) is 3.74 Å². The van der Waals surface area contributed by atoms with E-state index in [-0.39, 0.29) is 3.74 Å². The molecular weight excluding hydrogens is 254 g/mol. The minimum absolute atomic E-state index is 0.209. The van der Waals surface area contributed by atoms with E-state index in [2.05, 4.69) is 36.2 Å². The SMILES string of the molecule is BrC(Br)c1ccsn1. The molecule has 0 spiro atoms. The van der Waals surface area contributed by atoms with Crippen molar-refractivity contribution in [2.45, 2.75) is 3.74 Å². The number of rotatable bonds is 1. The van der Waals surface area contributed by atoms with Gasteiger partial charge in [0.15, 0.2) is 0 Å². The van der Waals surface area contributed by atoms with Gasteiger partial charge in [0.25, 0.3) is 0 Å². The molecule has 0 bridgehead atoms. The van der Waals surface area contributed by atoms with Gasteiger partial charge >= 0.3 is 0 Å². The summed E-state index contributed by atoms with van der Waals surface area (Å²) in [4.78, 5) is 0. The molecule has 0 saturated carbocycles. The average molecular weight is 257 g/mol. The second kappa shape index (κ2) is 2.94. The lowest BCUT2D eigenvalue weighted by molar-refractivity contribution is 1.31. The molecule has 0 unspecified atom stereocenters. The fourth-order valence-corrected chi connectivity index (χ4v) is 1.66. The fraction of sp³-hybridized carbons (Fsp3) is 0.250. The van der Waals surface area contributed by atoms with Gasteiger partial charge in [-0.2, -0.15) is 4.37 Å². The molecular formula is C4H3Br2NS. The van der Waals surface area contributed by atoms with Crippen molar-refractivity contribution in [1.29, 1.82) is 0 Å². The van der Waals surface area contributed by atoms with Crippen molar-refractivity contribution in [2.75, 3.05) is 0 Å². The molecule has 1 heterocycles. The average Bonchev–Trinajstić information content (AvgIpc) is 2.12. The van der Waals surface area contributed by atoms with E-state index in [4.69, 9.17) is 0 Å². The monoisotopic (exact) mass is 255 g/mol. The molecule has 4 heteroatoms. The highest BCUT2D eigenvalue weighted by Crippen LogP contribution is 2.27. The molecule has 0 aliphatic heterocycles. The first-order valence-corrected chi connectivity index (χ1v) is 4.66. The van der Waals surface area contributed by atoms with Gasteiger partial charge in [-0.05, 0) is 17.6 Å². The molecule has 0 N–H and O–H groups in total. The smallest absolute Gasteiger partial charge is 0.113 e. The van der Waals surface area contributed by atoms with Crippen molar-refractivity contribution in [1.82, 2.24) is 4.37 Å². The first-order valence-electron chi connectivity index (χ1n) is 1.99. The minimum Gasteiger partial charge on any atom is -0.196 e. The Morgan fingerprint density at radius 1 is 1.62 bits per heavy atom. The zero-order valence-electron chi connectivity index (χ0n) is 3.84. The van der Waals surface area contributed by atoms with Crippen LogP contribution in [0.5, 0.6) is 0 Å². The van der Waals surface area contributed by atoms with E-state index in [9.17, 15) is 0 Å².